The predicted octanol–water partition coefficient (Wildman–Crippen LogP) is 4.69. The fourth-order valence-electron chi connectivity index (χ4n) is 3.59. The van der Waals surface area contributed by atoms with Crippen molar-refractivity contribution in [2.45, 2.75) is 38.1 Å². The summed E-state index contributed by atoms with van der Waals surface area (Å²) in [5.74, 6) is 0.214. The zero-order chi connectivity index (χ0) is 20.9. The Morgan fingerprint density at radius 1 is 1.30 bits per heavy atom. The maximum Gasteiger partial charge on any atom is 0.266 e. The topological polar surface area (TPSA) is 71.5 Å². The number of carbonyl (C=O) groups excluding carboxylic acids is 2. The number of carbonyl (C=O) groups is 2. The van der Waals surface area contributed by atoms with Crippen molar-refractivity contribution < 1.29 is 14.3 Å². The number of aromatic nitrogens is 1. The third kappa shape index (κ3) is 4.91. The summed E-state index contributed by atoms with van der Waals surface area (Å²) < 4.78 is 6.34. The van der Waals surface area contributed by atoms with Gasteiger partial charge in [-0.3, -0.25) is 19.8 Å². The Morgan fingerprint density at radius 2 is 2.10 bits per heavy atom. The van der Waals surface area contributed by atoms with Crippen molar-refractivity contribution in [3.8, 4) is 5.75 Å². The summed E-state index contributed by atoms with van der Waals surface area (Å²) in [5, 5.41) is 5.00. The van der Waals surface area contributed by atoms with Gasteiger partial charge in [0.1, 0.15) is 10.1 Å². The van der Waals surface area contributed by atoms with Gasteiger partial charge in [-0.15, -0.1) is 11.3 Å². The predicted molar refractivity (Wildman–Crippen MR) is 125 cm³/mol. The second-order valence-corrected chi connectivity index (χ2v) is 9.63. The van der Waals surface area contributed by atoms with E-state index >= 15 is 0 Å². The van der Waals surface area contributed by atoms with E-state index in [1.54, 1.807) is 28.6 Å². The number of rotatable bonds is 6. The Labute approximate surface area is 188 Å². The molecule has 4 rings (SSSR count). The number of benzene rings is 1. The average Bonchev–Trinajstić information content (AvgIpc) is 3.35. The van der Waals surface area contributed by atoms with Gasteiger partial charge in [0, 0.05) is 23.2 Å². The van der Waals surface area contributed by atoms with Crippen LogP contribution in [0.25, 0.3) is 6.08 Å². The number of thioether (sulfide) groups is 1. The van der Waals surface area contributed by atoms with Crippen molar-refractivity contribution in [3.05, 3.63) is 46.3 Å². The molecule has 1 aliphatic carbocycles. The van der Waals surface area contributed by atoms with Gasteiger partial charge >= 0.3 is 0 Å². The molecule has 9 heteroatoms. The molecule has 2 aliphatic rings. The Morgan fingerprint density at radius 3 is 2.87 bits per heavy atom. The summed E-state index contributed by atoms with van der Waals surface area (Å²) in [6.07, 6.45) is 8.94. The van der Waals surface area contributed by atoms with Gasteiger partial charge in [0.15, 0.2) is 11.7 Å². The minimum absolute atomic E-state index is 0.0341. The molecule has 156 valence electrons. The standard InChI is InChI=1S/C21H21N3O3S3/c25-18(23-20-22-10-11-29-20)13-27-16-9-5-4-6-14(16)12-17-19(26)24(21(28)30-17)15-7-2-1-3-8-15/h4-6,9-12,15H,1-3,7-8,13H2,(H,22,23,25)/b17-12-. The molecule has 2 aromatic rings. The van der Waals surface area contributed by atoms with Crippen LogP contribution >= 0.6 is 35.3 Å². The van der Waals surface area contributed by atoms with Gasteiger partial charge in [-0.2, -0.15) is 0 Å². The highest BCUT2D eigenvalue weighted by molar-refractivity contribution is 8.26. The van der Waals surface area contributed by atoms with Gasteiger partial charge < -0.3 is 4.74 Å². The SMILES string of the molecule is O=C(COc1ccccc1/C=C1\SC(=S)N(C2CCCCC2)C1=O)Nc1nccs1. The normalized spacial score (nSPS) is 18.8. The van der Waals surface area contributed by atoms with E-state index < -0.39 is 0 Å². The number of thiocarbonyl (C=S) groups is 1. The number of nitrogens with zero attached hydrogens (tertiary/aromatic N) is 2. The lowest BCUT2D eigenvalue weighted by atomic mass is 9.94. The van der Waals surface area contributed by atoms with E-state index in [9.17, 15) is 9.59 Å². The molecule has 2 amide bonds. The maximum absolute atomic E-state index is 13.0. The second-order valence-electron chi connectivity index (χ2n) is 7.06. The molecule has 0 atom stereocenters. The molecular formula is C21H21N3O3S3. The summed E-state index contributed by atoms with van der Waals surface area (Å²) >= 11 is 8.18. The van der Waals surface area contributed by atoms with Crippen molar-refractivity contribution in [1.82, 2.24) is 9.88 Å². The summed E-state index contributed by atoms with van der Waals surface area (Å²) in [6, 6.07) is 7.55. The quantitative estimate of drug-likeness (QED) is 0.499. The molecule has 6 nitrogen and oxygen atoms in total. The first kappa shape index (κ1) is 21.0. The van der Waals surface area contributed by atoms with Gasteiger partial charge in [0.25, 0.3) is 11.8 Å². The van der Waals surface area contributed by atoms with Gasteiger partial charge in [0.05, 0.1) is 4.91 Å². The highest BCUT2D eigenvalue weighted by Gasteiger charge is 2.37. The summed E-state index contributed by atoms with van der Waals surface area (Å²) in [5.41, 5.74) is 0.740. The average molecular weight is 460 g/mol. The molecule has 2 fully saturated rings. The van der Waals surface area contributed by atoms with Crippen molar-refractivity contribution >= 4 is 62.7 Å². The number of hydrogen-bond acceptors (Lipinski definition) is 7. The smallest absolute Gasteiger partial charge is 0.266 e. The molecule has 0 radical (unpaired) electrons. The molecule has 1 aromatic carbocycles. The molecule has 1 aromatic heterocycles. The van der Waals surface area contributed by atoms with Gasteiger partial charge in [-0.25, -0.2) is 4.98 Å². The lowest BCUT2D eigenvalue weighted by Crippen LogP contribution is -2.39. The molecule has 0 spiro atoms. The molecule has 1 saturated heterocycles. The van der Waals surface area contributed by atoms with Gasteiger partial charge in [-0.1, -0.05) is 61.4 Å². The van der Waals surface area contributed by atoms with Gasteiger partial charge in [0.2, 0.25) is 0 Å². The van der Waals surface area contributed by atoms with Crippen molar-refractivity contribution in [1.29, 1.82) is 0 Å². The van der Waals surface area contributed by atoms with E-state index in [4.69, 9.17) is 17.0 Å². The summed E-state index contributed by atoms with van der Waals surface area (Å²) in [4.78, 5) is 31.5. The lowest BCUT2D eigenvalue weighted by Gasteiger charge is -2.29. The fourth-order valence-corrected chi connectivity index (χ4v) is 5.53. The van der Waals surface area contributed by atoms with Crippen LogP contribution in [0, 0.1) is 0 Å². The molecule has 1 N–H and O–H groups in total. The number of anilines is 1. The number of amides is 2. The van der Waals surface area contributed by atoms with Crippen LogP contribution in [0.3, 0.4) is 0 Å². The first-order chi connectivity index (χ1) is 14.6. The van der Waals surface area contributed by atoms with E-state index in [1.807, 2.05) is 18.2 Å². The summed E-state index contributed by atoms with van der Waals surface area (Å²) in [6.45, 7) is -0.145. The van der Waals surface area contributed by atoms with E-state index in [0.717, 1.165) is 31.2 Å². The number of thiazole rings is 1. The molecule has 0 unspecified atom stereocenters. The van der Waals surface area contributed by atoms with Crippen molar-refractivity contribution in [3.63, 3.8) is 0 Å². The molecule has 1 aliphatic heterocycles. The number of hydrogen-bond donors (Lipinski definition) is 1. The third-order valence-corrected chi connectivity index (χ3v) is 7.03. The Kier molecular flexibility index (Phi) is 6.81. The monoisotopic (exact) mass is 459 g/mol. The van der Waals surface area contributed by atoms with E-state index in [1.165, 1.54) is 29.5 Å². The third-order valence-electron chi connectivity index (χ3n) is 5.01. The molecule has 30 heavy (non-hydrogen) atoms. The number of para-hydroxylation sites is 1. The molecule has 2 heterocycles. The number of nitrogens with one attached hydrogen (secondary N) is 1. The second kappa shape index (κ2) is 9.72. The van der Waals surface area contributed by atoms with Crippen LogP contribution in [0.5, 0.6) is 5.75 Å². The Hall–Kier alpha value is -2.23. The van der Waals surface area contributed by atoms with Crippen LogP contribution < -0.4 is 10.1 Å². The highest BCUT2D eigenvalue weighted by atomic mass is 32.2. The van der Waals surface area contributed by atoms with Crippen LogP contribution in [-0.2, 0) is 9.59 Å². The lowest BCUT2D eigenvalue weighted by molar-refractivity contribution is -0.124. The van der Waals surface area contributed by atoms with E-state index in [2.05, 4.69) is 10.3 Å². The minimum atomic E-state index is -0.289. The van der Waals surface area contributed by atoms with Crippen LogP contribution in [0.4, 0.5) is 5.13 Å². The maximum atomic E-state index is 13.0. The van der Waals surface area contributed by atoms with Crippen molar-refractivity contribution in [2.75, 3.05) is 11.9 Å². The Bertz CT molecular complexity index is 969. The van der Waals surface area contributed by atoms with Crippen molar-refractivity contribution in [2.24, 2.45) is 0 Å². The Balaban J connectivity index is 1.45. The van der Waals surface area contributed by atoms with Crippen LogP contribution in [0.2, 0.25) is 0 Å². The zero-order valence-electron chi connectivity index (χ0n) is 16.2. The highest BCUT2D eigenvalue weighted by Crippen LogP contribution is 2.38. The zero-order valence-corrected chi connectivity index (χ0v) is 18.7. The van der Waals surface area contributed by atoms with E-state index in [-0.39, 0.29) is 24.5 Å². The molecule has 0 bridgehead atoms. The largest absolute Gasteiger partial charge is 0.483 e. The molecule has 1 saturated carbocycles. The first-order valence-electron chi connectivity index (χ1n) is 9.80. The number of ether oxygens (including phenoxy) is 1. The fraction of sp³-hybridized carbons (Fsp3) is 0.333. The van der Waals surface area contributed by atoms with Crippen LogP contribution in [0.15, 0.2) is 40.7 Å². The first-order valence-corrected chi connectivity index (χ1v) is 11.9. The minimum Gasteiger partial charge on any atom is -0.483 e. The molecular weight excluding hydrogens is 438 g/mol. The summed E-state index contributed by atoms with van der Waals surface area (Å²) in [7, 11) is 0. The van der Waals surface area contributed by atoms with Crippen LogP contribution in [-0.4, -0.2) is 38.7 Å². The van der Waals surface area contributed by atoms with Gasteiger partial charge in [-0.05, 0) is 25.0 Å². The van der Waals surface area contributed by atoms with Crippen LogP contribution in [0.1, 0.15) is 37.7 Å². The van der Waals surface area contributed by atoms with E-state index in [0.29, 0.717) is 20.1 Å².